The quantitative estimate of drug-likeness (QED) is 0.503. The van der Waals surface area contributed by atoms with Gasteiger partial charge in [-0.3, -0.25) is 0 Å². The molecule has 6 rings (SSSR count). The maximum atomic E-state index is 5.96. The lowest BCUT2D eigenvalue weighted by Gasteiger charge is -2.30. The van der Waals surface area contributed by atoms with Crippen molar-refractivity contribution in [1.29, 1.82) is 0 Å². The Morgan fingerprint density at radius 3 is 3.00 bits per heavy atom. The zero-order valence-corrected chi connectivity index (χ0v) is 15.7. The summed E-state index contributed by atoms with van der Waals surface area (Å²) in [6.07, 6.45) is 2.57. The Kier molecular flexibility index (Phi) is 2.94. The second kappa shape index (κ2) is 5.17. The largest absolute Gasteiger partial charge is 0.454 e. The minimum Gasteiger partial charge on any atom is -0.454 e. The summed E-state index contributed by atoms with van der Waals surface area (Å²) in [5.74, 6) is 2.12. The van der Waals surface area contributed by atoms with Crippen molar-refractivity contribution in [2.45, 2.75) is 32.5 Å². The topological polar surface area (TPSA) is 70.8 Å². The van der Waals surface area contributed by atoms with Gasteiger partial charge in [-0.15, -0.1) is 16.4 Å². The van der Waals surface area contributed by atoms with Crippen LogP contribution in [0.4, 0.5) is 0 Å². The van der Waals surface area contributed by atoms with Gasteiger partial charge in [-0.05, 0) is 37.6 Å². The average Bonchev–Trinajstić information content (AvgIpc) is 3.35. The highest BCUT2D eigenvalue weighted by Crippen LogP contribution is 2.40. The van der Waals surface area contributed by atoms with Crippen molar-refractivity contribution in [2.24, 2.45) is 0 Å². The van der Waals surface area contributed by atoms with Crippen molar-refractivity contribution in [2.75, 3.05) is 6.79 Å². The highest BCUT2D eigenvalue weighted by Gasteiger charge is 2.31. The fourth-order valence-corrected chi connectivity index (χ4v) is 4.76. The molecule has 136 valence electrons. The smallest absolute Gasteiger partial charge is 0.231 e. The first-order valence-corrected chi connectivity index (χ1v) is 9.59. The van der Waals surface area contributed by atoms with Gasteiger partial charge >= 0.3 is 0 Å². The third-order valence-corrected chi connectivity index (χ3v) is 6.15. The van der Waals surface area contributed by atoms with Crippen molar-refractivity contribution in [3.05, 3.63) is 35.0 Å². The molecular formula is C19H16N4O3S. The normalized spacial score (nSPS) is 17.6. The van der Waals surface area contributed by atoms with Crippen LogP contribution in [0.25, 0.3) is 27.3 Å². The van der Waals surface area contributed by atoms with Gasteiger partial charge in [-0.25, -0.2) is 14.5 Å². The molecule has 0 N–H and O–H groups in total. The molecule has 0 unspecified atom stereocenters. The predicted octanol–water partition coefficient (Wildman–Crippen LogP) is 3.59. The third-order valence-electron chi connectivity index (χ3n) is 5.04. The summed E-state index contributed by atoms with van der Waals surface area (Å²) < 4.78 is 18.6. The maximum absolute atomic E-state index is 5.96. The number of thiophene rings is 1. The lowest BCUT2D eigenvalue weighted by Crippen LogP contribution is -2.31. The Balaban J connectivity index is 1.56. The monoisotopic (exact) mass is 380 g/mol. The summed E-state index contributed by atoms with van der Waals surface area (Å²) in [5, 5.41) is 5.73. The highest BCUT2D eigenvalue weighted by molar-refractivity contribution is 7.19. The van der Waals surface area contributed by atoms with Gasteiger partial charge in [0.15, 0.2) is 23.0 Å². The molecule has 0 saturated carbocycles. The summed E-state index contributed by atoms with van der Waals surface area (Å²) in [4.78, 5) is 11.7. The van der Waals surface area contributed by atoms with Crippen LogP contribution in [0.15, 0.2) is 24.5 Å². The minimum atomic E-state index is -0.186. The Labute approximate surface area is 158 Å². The summed E-state index contributed by atoms with van der Waals surface area (Å²) >= 11 is 1.68. The van der Waals surface area contributed by atoms with Crippen molar-refractivity contribution in [3.63, 3.8) is 0 Å². The van der Waals surface area contributed by atoms with E-state index in [1.165, 1.54) is 10.4 Å². The van der Waals surface area contributed by atoms with E-state index in [9.17, 15) is 0 Å². The van der Waals surface area contributed by atoms with Crippen LogP contribution in [0.5, 0.6) is 11.5 Å². The number of rotatable bonds is 1. The molecule has 0 fully saturated rings. The Morgan fingerprint density at radius 1 is 1.19 bits per heavy atom. The van der Waals surface area contributed by atoms with E-state index >= 15 is 0 Å². The fourth-order valence-electron chi connectivity index (χ4n) is 3.70. The molecule has 5 heterocycles. The molecule has 0 bridgehead atoms. The number of hydrogen-bond acceptors (Lipinski definition) is 7. The maximum Gasteiger partial charge on any atom is 0.231 e. The SMILES string of the molecule is CC1(C)Cc2c(sc3ncn4nc(-c5ccc6c(c5)OCO6)nc4c23)CO1. The van der Waals surface area contributed by atoms with Crippen LogP contribution in [0.1, 0.15) is 24.3 Å². The molecule has 2 aliphatic rings. The van der Waals surface area contributed by atoms with Crippen LogP contribution in [0.2, 0.25) is 0 Å². The van der Waals surface area contributed by atoms with Crippen LogP contribution >= 0.6 is 11.3 Å². The second-order valence-electron chi connectivity index (χ2n) is 7.43. The van der Waals surface area contributed by atoms with E-state index in [1.807, 2.05) is 18.2 Å². The van der Waals surface area contributed by atoms with Gasteiger partial charge < -0.3 is 14.2 Å². The van der Waals surface area contributed by atoms with E-state index in [-0.39, 0.29) is 12.4 Å². The Morgan fingerprint density at radius 2 is 2.07 bits per heavy atom. The molecule has 0 radical (unpaired) electrons. The number of nitrogens with zero attached hydrogens (tertiary/aromatic N) is 4. The first kappa shape index (κ1) is 15.4. The number of hydrogen-bond donors (Lipinski definition) is 0. The minimum absolute atomic E-state index is 0.186. The summed E-state index contributed by atoms with van der Waals surface area (Å²) in [6.45, 7) is 5.11. The second-order valence-corrected chi connectivity index (χ2v) is 8.51. The van der Waals surface area contributed by atoms with Gasteiger partial charge in [0.05, 0.1) is 17.6 Å². The summed E-state index contributed by atoms with van der Waals surface area (Å²) in [6, 6.07) is 5.76. The lowest BCUT2D eigenvalue weighted by atomic mass is 9.94. The van der Waals surface area contributed by atoms with E-state index in [0.29, 0.717) is 12.4 Å². The zero-order valence-electron chi connectivity index (χ0n) is 14.9. The highest BCUT2D eigenvalue weighted by atomic mass is 32.1. The molecule has 27 heavy (non-hydrogen) atoms. The standard InChI is InChI=1S/C19H16N4O3S/c1-19(2)6-11-14(7-26-19)27-18-15(11)17-21-16(22-23(17)8-20-18)10-3-4-12-13(5-10)25-9-24-12/h3-5,8H,6-7,9H2,1-2H3. The Hall–Kier alpha value is -2.71. The molecule has 8 heteroatoms. The lowest BCUT2D eigenvalue weighted by molar-refractivity contribution is -0.0379. The van der Waals surface area contributed by atoms with Gasteiger partial charge in [0.2, 0.25) is 6.79 Å². The molecule has 2 aliphatic heterocycles. The fraction of sp³-hybridized carbons (Fsp3) is 0.316. The number of fused-ring (bicyclic) bond motifs is 6. The van der Waals surface area contributed by atoms with E-state index in [2.05, 4.69) is 23.9 Å². The van der Waals surface area contributed by atoms with Gasteiger partial charge in [0.25, 0.3) is 0 Å². The van der Waals surface area contributed by atoms with Crippen LogP contribution in [0, 0.1) is 0 Å². The van der Waals surface area contributed by atoms with E-state index in [1.54, 1.807) is 22.2 Å². The van der Waals surface area contributed by atoms with Gasteiger partial charge in [0.1, 0.15) is 11.2 Å². The van der Waals surface area contributed by atoms with Gasteiger partial charge in [-0.2, -0.15) is 0 Å². The molecular weight excluding hydrogens is 364 g/mol. The van der Waals surface area contributed by atoms with Gasteiger partial charge in [0, 0.05) is 16.9 Å². The third kappa shape index (κ3) is 2.26. The van der Waals surface area contributed by atoms with Gasteiger partial charge in [-0.1, -0.05) is 0 Å². The number of ether oxygens (including phenoxy) is 3. The molecule has 0 aliphatic carbocycles. The van der Waals surface area contributed by atoms with Crippen molar-refractivity contribution >= 4 is 27.2 Å². The molecule has 3 aromatic heterocycles. The summed E-state index contributed by atoms with van der Waals surface area (Å²) in [7, 11) is 0. The zero-order chi connectivity index (χ0) is 18.2. The molecule has 0 atom stereocenters. The van der Waals surface area contributed by atoms with E-state index in [0.717, 1.165) is 39.3 Å². The van der Waals surface area contributed by atoms with E-state index in [4.69, 9.17) is 19.2 Å². The first-order chi connectivity index (χ1) is 13.1. The van der Waals surface area contributed by atoms with Crippen LogP contribution < -0.4 is 9.47 Å². The number of aromatic nitrogens is 4. The molecule has 0 amide bonds. The predicted molar refractivity (Wildman–Crippen MR) is 100 cm³/mol. The molecule has 7 nitrogen and oxygen atoms in total. The van der Waals surface area contributed by atoms with Crippen molar-refractivity contribution in [3.8, 4) is 22.9 Å². The van der Waals surface area contributed by atoms with Crippen LogP contribution in [-0.2, 0) is 17.8 Å². The molecule has 0 saturated heterocycles. The molecule has 0 spiro atoms. The first-order valence-electron chi connectivity index (χ1n) is 8.77. The summed E-state index contributed by atoms with van der Waals surface area (Å²) in [5.41, 5.74) is 2.83. The van der Waals surface area contributed by atoms with E-state index < -0.39 is 0 Å². The Bertz CT molecular complexity index is 1230. The average molecular weight is 380 g/mol. The molecule has 4 aromatic rings. The van der Waals surface area contributed by atoms with Crippen molar-refractivity contribution < 1.29 is 14.2 Å². The van der Waals surface area contributed by atoms with Crippen molar-refractivity contribution in [1.82, 2.24) is 19.6 Å². The molecule has 1 aromatic carbocycles. The van der Waals surface area contributed by atoms with Crippen LogP contribution in [0.3, 0.4) is 0 Å². The van der Waals surface area contributed by atoms with Crippen LogP contribution in [-0.4, -0.2) is 32.0 Å². The number of benzene rings is 1.